The highest BCUT2D eigenvalue weighted by Crippen LogP contribution is 2.01. The van der Waals surface area contributed by atoms with Gasteiger partial charge in [0.15, 0.2) is 0 Å². The number of ether oxygens (including phenoxy) is 2. The molecule has 0 aromatic rings. The second kappa shape index (κ2) is 26.3. The molecule has 0 bridgehead atoms. The van der Waals surface area contributed by atoms with E-state index in [1.54, 1.807) is 0 Å². The van der Waals surface area contributed by atoms with Crippen LogP contribution in [0.2, 0.25) is 0 Å². The van der Waals surface area contributed by atoms with Gasteiger partial charge in [0.2, 0.25) is 5.91 Å². The number of hydrogen-bond acceptors (Lipinski definition) is 4. The standard InChI is InChI=1S/C26H45NO4/c1-2-3-4-5-6-7-8-9-10-11-12-13-14-15-16-17-18-19-26(29)27-20-22-30-24-25-31-23-21-28/h6-7,9-10,12-13,15-16,28H,2-5,8,11,14,17-25H2,1H3,(H,27,29)/b7-6-,10-9-,13-12-,16-15-. The molecule has 0 heterocycles. The zero-order valence-corrected chi connectivity index (χ0v) is 19.6. The Morgan fingerprint density at radius 1 is 0.742 bits per heavy atom. The first kappa shape index (κ1) is 29.3. The monoisotopic (exact) mass is 435 g/mol. The van der Waals surface area contributed by atoms with E-state index in [0.29, 0.717) is 39.4 Å². The zero-order valence-electron chi connectivity index (χ0n) is 19.6. The molecule has 5 nitrogen and oxygen atoms in total. The normalized spacial score (nSPS) is 12.2. The molecule has 31 heavy (non-hydrogen) atoms. The molecule has 0 aromatic heterocycles. The second-order valence-corrected chi connectivity index (χ2v) is 7.28. The van der Waals surface area contributed by atoms with Crippen molar-refractivity contribution in [2.75, 3.05) is 39.6 Å². The summed E-state index contributed by atoms with van der Waals surface area (Å²) in [6, 6.07) is 0. The number of rotatable bonds is 22. The second-order valence-electron chi connectivity index (χ2n) is 7.28. The number of allylic oxidation sites excluding steroid dienone is 8. The third-order valence-electron chi connectivity index (χ3n) is 4.41. The minimum atomic E-state index is 0.0249. The van der Waals surface area contributed by atoms with Crippen LogP contribution in [-0.4, -0.2) is 50.6 Å². The Morgan fingerprint density at radius 3 is 1.87 bits per heavy atom. The first-order valence-electron chi connectivity index (χ1n) is 11.9. The van der Waals surface area contributed by atoms with Gasteiger partial charge in [-0.25, -0.2) is 0 Å². The SMILES string of the molecule is CCCCC/C=C\C/C=C\C/C=C\C/C=C\CCCC(=O)NCCOCCOCCO. The summed E-state index contributed by atoms with van der Waals surface area (Å²) >= 11 is 0. The molecule has 0 saturated heterocycles. The quantitative estimate of drug-likeness (QED) is 0.179. The Kier molecular flexibility index (Phi) is 24.9. The van der Waals surface area contributed by atoms with Gasteiger partial charge in [-0.05, 0) is 44.9 Å². The molecule has 1 amide bonds. The molecule has 0 spiro atoms. The molecule has 0 fully saturated rings. The molecular weight excluding hydrogens is 390 g/mol. The molecule has 0 aromatic carbocycles. The topological polar surface area (TPSA) is 67.8 Å². The van der Waals surface area contributed by atoms with Crippen LogP contribution in [0.3, 0.4) is 0 Å². The summed E-state index contributed by atoms with van der Waals surface area (Å²) in [6.45, 7) is 4.52. The Labute approximate surface area is 190 Å². The van der Waals surface area contributed by atoms with Crippen molar-refractivity contribution in [2.45, 2.75) is 71.1 Å². The van der Waals surface area contributed by atoms with Gasteiger partial charge >= 0.3 is 0 Å². The summed E-state index contributed by atoms with van der Waals surface area (Å²) in [4.78, 5) is 11.7. The third-order valence-corrected chi connectivity index (χ3v) is 4.41. The average molecular weight is 436 g/mol. The van der Waals surface area contributed by atoms with Crippen molar-refractivity contribution in [3.63, 3.8) is 0 Å². The number of carbonyl (C=O) groups excluding carboxylic acids is 1. The Hall–Kier alpha value is -1.69. The van der Waals surface area contributed by atoms with Crippen LogP contribution < -0.4 is 5.32 Å². The van der Waals surface area contributed by atoms with Crippen LogP contribution in [0.4, 0.5) is 0 Å². The summed E-state index contributed by atoms with van der Waals surface area (Å²) < 4.78 is 10.4. The molecular formula is C26H45NO4. The van der Waals surface area contributed by atoms with Gasteiger partial charge in [0.05, 0.1) is 33.0 Å². The van der Waals surface area contributed by atoms with Crippen LogP contribution in [-0.2, 0) is 14.3 Å². The van der Waals surface area contributed by atoms with Gasteiger partial charge in [0, 0.05) is 13.0 Å². The Bertz CT molecular complexity index is 498. The van der Waals surface area contributed by atoms with Gasteiger partial charge in [-0.3, -0.25) is 4.79 Å². The number of hydrogen-bond donors (Lipinski definition) is 2. The lowest BCUT2D eigenvalue weighted by Gasteiger charge is -2.06. The smallest absolute Gasteiger partial charge is 0.220 e. The number of unbranched alkanes of at least 4 members (excludes halogenated alkanes) is 4. The van der Waals surface area contributed by atoms with Gasteiger partial charge in [0.25, 0.3) is 0 Å². The van der Waals surface area contributed by atoms with Crippen LogP contribution >= 0.6 is 0 Å². The number of nitrogens with one attached hydrogen (secondary N) is 1. The van der Waals surface area contributed by atoms with E-state index in [1.165, 1.54) is 25.7 Å². The van der Waals surface area contributed by atoms with Crippen LogP contribution in [0.5, 0.6) is 0 Å². The largest absolute Gasteiger partial charge is 0.394 e. The van der Waals surface area contributed by atoms with E-state index in [-0.39, 0.29) is 12.5 Å². The fraction of sp³-hybridized carbons (Fsp3) is 0.654. The lowest BCUT2D eigenvalue weighted by atomic mass is 10.2. The van der Waals surface area contributed by atoms with E-state index < -0.39 is 0 Å². The van der Waals surface area contributed by atoms with Gasteiger partial charge < -0.3 is 19.9 Å². The van der Waals surface area contributed by atoms with Gasteiger partial charge in [-0.15, -0.1) is 0 Å². The van der Waals surface area contributed by atoms with Crippen molar-refractivity contribution < 1.29 is 19.4 Å². The van der Waals surface area contributed by atoms with E-state index in [1.807, 2.05) is 0 Å². The van der Waals surface area contributed by atoms with Crippen LogP contribution in [0, 0.1) is 0 Å². The van der Waals surface area contributed by atoms with E-state index in [0.717, 1.165) is 32.1 Å². The van der Waals surface area contributed by atoms with Gasteiger partial charge in [0.1, 0.15) is 0 Å². The minimum absolute atomic E-state index is 0.0249. The lowest BCUT2D eigenvalue weighted by Crippen LogP contribution is -2.27. The first-order valence-corrected chi connectivity index (χ1v) is 11.9. The van der Waals surface area contributed by atoms with Gasteiger partial charge in [-0.2, -0.15) is 0 Å². The van der Waals surface area contributed by atoms with E-state index in [9.17, 15) is 4.79 Å². The molecule has 5 heteroatoms. The van der Waals surface area contributed by atoms with Crippen molar-refractivity contribution in [2.24, 2.45) is 0 Å². The van der Waals surface area contributed by atoms with Crippen LogP contribution in [0.25, 0.3) is 0 Å². The highest BCUT2D eigenvalue weighted by atomic mass is 16.5. The van der Waals surface area contributed by atoms with E-state index in [2.05, 4.69) is 60.8 Å². The molecule has 2 N–H and O–H groups in total. The number of aliphatic hydroxyl groups is 1. The highest BCUT2D eigenvalue weighted by Gasteiger charge is 1.99. The molecule has 0 aliphatic rings. The zero-order chi connectivity index (χ0) is 22.7. The predicted molar refractivity (Wildman–Crippen MR) is 130 cm³/mol. The maximum atomic E-state index is 11.7. The summed E-state index contributed by atoms with van der Waals surface area (Å²) in [5, 5.41) is 11.4. The number of carbonyl (C=O) groups is 1. The summed E-state index contributed by atoms with van der Waals surface area (Å²) in [6.07, 6.45) is 28.1. The minimum Gasteiger partial charge on any atom is -0.394 e. The Balaban J connectivity index is 3.42. The maximum Gasteiger partial charge on any atom is 0.220 e. The van der Waals surface area contributed by atoms with Crippen LogP contribution in [0.1, 0.15) is 71.1 Å². The van der Waals surface area contributed by atoms with E-state index in [4.69, 9.17) is 14.6 Å². The molecule has 0 saturated carbocycles. The van der Waals surface area contributed by atoms with Crippen LogP contribution in [0.15, 0.2) is 48.6 Å². The van der Waals surface area contributed by atoms with Crippen molar-refractivity contribution >= 4 is 5.91 Å². The van der Waals surface area contributed by atoms with Crippen molar-refractivity contribution in [1.82, 2.24) is 5.32 Å². The number of aliphatic hydroxyl groups excluding tert-OH is 1. The fourth-order valence-electron chi connectivity index (χ4n) is 2.68. The molecule has 0 aliphatic heterocycles. The molecule has 0 unspecified atom stereocenters. The third kappa shape index (κ3) is 26.3. The maximum absolute atomic E-state index is 11.7. The molecule has 0 atom stereocenters. The fourth-order valence-corrected chi connectivity index (χ4v) is 2.68. The number of amides is 1. The van der Waals surface area contributed by atoms with Crippen molar-refractivity contribution in [3.05, 3.63) is 48.6 Å². The van der Waals surface area contributed by atoms with Gasteiger partial charge in [-0.1, -0.05) is 68.4 Å². The molecule has 0 radical (unpaired) electrons. The Morgan fingerprint density at radius 2 is 1.29 bits per heavy atom. The predicted octanol–water partition coefficient (Wildman–Crippen LogP) is 5.27. The first-order chi connectivity index (χ1) is 15.3. The summed E-state index contributed by atoms with van der Waals surface area (Å²) in [5.74, 6) is 0.0658. The lowest BCUT2D eigenvalue weighted by molar-refractivity contribution is -0.121. The van der Waals surface area contributed by atoms with E-state index >= 15 is 0 Å². The summed E-state index contributed by atoms with van der Waals surface area (Å²) in [7, 11) is 0. The van der Waals surface area contributed by atoms with Crippen molar-refractivity contribution in [3.8, 4) is 0 Å². The molecule has 0 rings (SSSR count). The summed E-state index contributed by atoms with van der Waals surface area (Å²) in [5.41, 5.74) is 0. The molecule has 0 aliphatic carbocycles. The average Bonchev–Trinajstić information content (AvgIpc) is 2.77. The highest BCUT2D eigenvalue weighted by molar-refractivity contribution is 5.75. The van der Waals surface area contributed by atoms with Crippen molar-refractivity contribution in [1.29, 1.82) is 0 Å². The molecule has 178 valence electrons.